The number of carbonyl (C=O) groups excluding carboxylic acids is 1. The van der Waals surface area contributed by atoms with Crippen LogP contribution in [0.2, 0.25) is 0 Å². The van der Waals surface area contributed by atoms with Gasteiger partial charge in [-0.05, 0) is 18.2 Å². The number of hydrogen-bond donors (Lipinski definition) is 1. The molecule has 0 radical (unpaired) electrons. The molecule has 1 N–H and O–H groups in total. The van der Waals surface area contributed by atoms with E-state index in [1.807, 2.05) is 0 Å². The summed E-state index contributed by atoms with van der Waals surface area (Å²) < 4.78 is 15.1. The van der Waals surface area contributed by atoms with E-state index in [9.17, 15) is 14.4 Å². The molecule has 0 atom stereocenters. The van der Waals surface area contributed by atoms with Crippen molar-refractivity contribution in [2.24, 2.45) is 0 Å². The first kappa shape index (κ1) is 17.5. The molecule has 0 bridgehead atoms. The fourth-order valence-corrected chi connectivity index (χ4v) is 2.16. The molecule has 2 aromatic rings. The monoisotopic (exact) mass is 335 g/mol. The summed E-state index contributed by atoms with van der Waals surface area (Å²) in [6.07, 6.45) is 0. The average molecular weight is 335 g/mol. The Bertz CT molecular complexity index is 812. The Morgan fingerprint density at radius 2 is 2.00 bits per heavy atom. The molecular weight excluding hydrogens is 318 g/mol. The molecule has 128 valence electrons. The Kier molecular flexibility index (Phi) is 5.54. The predicted octanol–water partition coefficient (Wildman–Crippen LogP) is 0.975. The molecule has 2 rings (SSSR count). The van der Waals surface area contributed by atoms with Crippen molar-refractivity contribution >= 4 is 22.8 Å². The van der Waals surface area contributed by atoms with Crippen molar-refractivity contribution < 1.29 is 28.6 Å². The Morgan fingerprint density at radius 3 is 2.62 bits per heavy atom. The smallest absolute Gasteiger partial charge is 0.349 e. The number of carboxylic acids is 1. The first-order valence-corrected chi connectivity index (χ1v) is 7.08. The summed E-state index contributed by atoms with van der Waals surface area (Å²) in [6.45, 7) is -0.348. The number of fused-ring (bicyclic) bond motifs is 1. The number of nitrogens with zero attached hydrogens (tertiary/aromatic N) is 1. The van der Waals surface area contributed by atoms with Gasteiger partial charge in [0.2, 0.25) is 0 Å². The van der Waals surface area contributed by atoms with Crippen molar-refractivity contribution in [3.05, 3.63) is 40.2 Å². The van der Waals surface area contributed by atoms with Crippen molar-refractivity contribution in [2.75, 3.05) is 33.9 Å². The van der Waals surface area contributed by atoms with E-state index in [0.717, 1.165) is 4.90 Å². The van der Waals surface area contributed by atoms with Gasteiger partial charge in [0.05, 0.1) is 13.7 Å². The molecule has 1 amide bonds. The van der Waals surface area contributed by atoms with Gasteiger partial charge in [0.25, 0.3) is 5.91 Å². The largest absolute Gasteiger partial charge is 0.497 e. The number of benzene rings is 1. The highest BCUT2D eigenvalue weighted by molar-refractivity contribution is 5.98. The zero-order valence-corrected chi connectivity index (χ0v) is 13.3. The maximum atomic E-state index is 12.5. The molecule has 1 heterocycles. The molecule has 0 saturated carbocycles. The van der Waals surface area contributed by atoms with Gasteiger partial charge in [-0.1, -0.05) is 0 Å². The molecule has 1 aromatic carbocycles. The average Bonchev–Trinajstić information content (AvgIpc) is 2.56. The molecule has 24 heavy (non-hydrogen) atoms. The molecule has 8 heteroatoms. The van der Waals surface area contributed by atoms with Gasteiger partial charge in [0.1, 0.15) is 23.4 Å². The molecule has 0 aliphatic carbocycles. The highest BCUT2D eigenvalue weighted by Gasteiger charge is 2.22. The van der Waals surface area contributed by atoms with E-state index in [0.29, 0.717) is 11.1 Å². The zero-order valence-electron chi connectivity index (χ0n) is 13.3. The molecule has 0 aliphatic heterocycles. The fraction of sp³-hybridized carbons (Fsp3) is 0.312. The van der Waals surface area contributed by atoms with Gasteiger partial charge >= 0.3 is 11.6 Å². The van der Waals surface area contributed by atoms with Gasteiger partial charge in [-0.3, -0.25) is 9.59 Å². The summed E-state index contributed by atoms with van der Waals surface area (Å²) in [7, 11) is 2.91. The van der Waals surface area contributed by atoms with E-state index in [1.54, 1.807) is 12.1 Å². The van der Waals surface area contributed by atoms with Crippen molar-refractivity contribution in [1.82, 2.24) is 4.90 Å². The van der Waals surface area contributed by atoms with Crippen LogP contribution in [-0.2, 0) is 9.53 Å². The highest BCUT2D eigenvalue weighted by atomic mass is 16.5. The summed E-state index contributed by atoms with van der Waals surface area (Å²) in [5.41, 5.74) is -0.795. The van der Waals surface area contributed by atoms with Crippen molar-refractivity contribution in [3.63, 3.8) is 0 Å². The second-order valence-corrected chi connectivity index (χ2v) is 4.96. The number of carboxylic acid groups (broad SMARTS) is 1. The van der Waals surface area contributed by atoms with Crippen LogP contribution in [0.3, 0.4) is 0 Å². The van der Waals surface area contributed by atoms with Gasteiger partial charge < -0.3 is 23.9 Å². The molecule has 0 spiro atoms. The molecule has 8 nitrogen and oxygen atoms in total. The maximum absolute atomic E-state index is 12.5. The fourth-order valence-electron chi connectivity index (χ4n) is 2.16. The van der Waals surface area contributed by atoms with Gasteiger partial charge in [0, 0.05) is 25.1 Å². The minimum atomic E-state index is -1.19. The minimum Gasteiger partial charge on any atom is -0.497 e. The Balaban J connectivity index is 2.41. The second kappa shape index (κ2) is 7.60. The number of aliphatic carboxylic acids is 1. The summed E-state index contributed by atoms with van der Waals surface area (Å²) in [5, 5.41) is 9.46. The van der Waals surface area contributed by atoms with E-state index >= 15 is 0 Å². The SMILES string of the molecule is COCCN(CC(=O)O)C(=O)c1cc2ccc(OC)cc2oc1=O. The van der Waals surface area contributed by atoms with Crippen LogP contribution in [0, 0.1) is 0 Å². The normalized spacial score (nSPS) is 10.6. The second-order valence-electron chi connectivity index (χ2n) is 4.96. The van der Waals surface area contributed by atoms with E-state index in [1.165, 1.54) is 26.4 Å². The van der Waals surface area contributed by atoms with Gasteiger partial charge in [0.15, 0.2) is 0 Å². The maximum Gasteiger partial charge on any atom is 0.349 e. The van der Waals surface area contributed by atoms with Crippen LogP contribution in [0.1, 0.15) is 10.4 Å². The van der Waals surface area contributed by atoms with E-state index in [4.69, 9.17) is 19.0 Å². The van der Waals surface area contributed by atoms with Crippen LogP contribution < -0.4 is 10.4 Å². The first-order chi connectivity index (χ1) is 11.5. The summed E-state index contributed by atoms with van der Waals surface area (Å²) in [6, 6.07) is 6.22. The number of ether oxygens (including phenoxy) is 2. The van der Waals surface area contributed by atoms with Crippen LogP contribution in [0.25, 0.3) is 11.0 Å². The summed E-state index contributed by atoms with van der Waals surface area (Å²) in [5.74, 6) is -1.40. The van der Waals surface area contributed by atoms with Crippen molar-refractivity contribution in [1.29, 1.82) is 0 Å². The van der Waals surface area contributed by atoms with Crippen LogP contribution in [0.5, 0.6) is 5.75 Å². The van der Waals surface area contributed by atoms with Crippen molar-refractivity contribution in [2.45, 2.75) is 0 Å². The Labute approximate surface area is 137 Å². The van der Waals surface area contributed by atoms with E-state index in [2.05, 4.69) is 0 Å². The number of rotatable bonds is 7. The van der Waals surface area contributed by atoms with Crippen LogP contribution in [0.15, 0.2) is 33.5 Å². The molecule has 1 aromatic heterocycles. The Hall–Kier alpha value is -2.87. The lowest BCUT2D eigenvalue weighted by molar-refractivity contribution is -0.137. The third-order valence-electron chi connectivity index (χ3n) is 3.35. The quantitative estimate of drug-likeness (QED) is 0.752. The topological polar surface area (TPSA) is 106 Å². The summed E-state index contributed by atoms with van der Waals surface area (Å²) >= 11 is 0. The number of methoxy groups -OCH3 is 2. The number of carbonyl (C=O) groups is 2. The molecule has 0 fully saturated rings. The lowest BCUT2D eigenvalue weighted by Crippen LogP contribution is -2.39. The van der Waals surface area contributed by atoms with Crippen LogP contribution in [0.4, 0.5) is 0 Å². The lowest BCUT2D eigenvalue weighted by Gasteiger charge is -2.19. The first-order valence-electron chi connectivity index (χ1n) is 7.08. The standard InChI is InChI=1S/C16H17NO7/c1-22-6-5-17(9-14(18)19)15(20)12-7-10-3-4-11(23-2)8-13(10)24-16(12)21/h3-4,7-8H,5-6,9H2,1-2H3,(H,18,19). The third kappa shape index (κ3) is 3.90. The van der Waals surface area contributed by atoms with Gasteiger partial charge in [-0.25, -0.2) is 4.79 Å². The van der Waals surface area contributed by atoms with Gasteiger partial charge in [-0.2, -0.15) is 0 Å². The number of amides is 1. The predicted molar refractivity (Wildman–Crippen MR) is 84.5 cm³/mol. The van der Waals surface area contributed by atoms with E-state index in [-0.39, 0.29) is 24.3 Å². The highest BCUT2D eigenvalue weighted by Crippen LogP contribution is 2.20. The molecule has 0 saturated heterocycles. The van der Waals surface area contributed by atoms with Gasteiger partial charge in [-0.15, -0.1) is 0 Å². The number of hydrogen-bond acceptors (Lipinski definition) is 6. The lowest BCUT2D eigenvalue weighted by atomic mass is 10.1. The zero-order chi connectivity index (χ0) is 17.7. The Morgan fingerprint density at radius 1 is 1.25 bits per heavy atom. The molecule has 0 unspecified atom stereocenters. The minimum absolute atomic E-state index is 0.0434. The van der Waals surface area contributed by atoms with Crippen LogP contribution >= 0.6 is 0 Å². The molecule has 0 aliphatic rings. The van der Waals surface area contributed by atoms with Crippen LogP contribution in [-0.4, -0.2) is 55.8 Å². The van der Waals surface area contributed by atoms with Crippen molar-refractivity contribution in [3.8, 4) is 5.75 Å². The van der Waals surface area contributed by atoms with E-state index < -0.39 is 24.0 Å². The molecular formula is C16H17NO7. The summed E-state index contributed by atoms with van der Waals surface area (Å²) in [4.78, 5) is 36.5. The third-order valence-corrected chi connectivity index (χ3v) is 3.35.